The second kappa shape index (κ2) is 8.12. The Hall–Kier alpha value is -2.24. The van der Waals surface area contributed by atoms with Crippen molar-refractivity contribution in [1.29, 1.82) is 0 Å². The first-order chi connectivity index (χ1) is 13.9. The Balaban J connectivity index is 2.28. The molecule has 0 aliphatic heterocycles. The van der Waals surface area contributed by atoms with Crippen LogP contribution in [-0.2, 0) is 12.4 Å². The summed E-state index contributed by atoms with van der Waals surface area (Å²) >= 11 is 0. The van der Waals surface area contributed by atoms with Gasteiger partial charge in [0.1, 0.15) is 0 Å². The van der Waals surface area contributed by atoms with E-state index in [2.05, 4.69) is 6.92 Å². The molecule has 0 spiro atoms. The average molecular weight is 425 g/mol. The van der Waals surface area contributed by atoms with Gasteiger partial charge in [0, 0.05) is 6.42 Å². The molecule has 0 saturated heterocycles. The van der Waals surface area contributed by atoms with E-state index in [1.54, 1.807) is 6.07 Å². The van der Waals surface area contributed by atoms with Gasteiger partial charge in [-0.05, 0) is 64.8 Å². The lowest BCUT2D eigenvalue weighted by Gasteiger charge is -2.20. The molecule has 0 unspecified atom stereocenters. The summed E-state index contributed by atoms with van der Waals surface area (Å²) in [5.74, 6) is -0.0673. The number of unbranched alkanes of at least 4 members (excludes halogenated alkanes) is 1. The molecule has 0 nitrogen and oxygen atoms in total. The molecule has 0 atom stereocenters. The van der Waals surface area contributed by atoms with E-state index in [4.69, 9.17) is 0 Å². The van der Waals surface area contributed by atoms with E-state index in [1.165, 1.54) is 0 Å². The highest BCUT2D eigenvalue weighted by atomic mass is 19.4. The molecule has 3 rings (SSSR count). The standard InChI is InChI=1S/C24H23F6/c1-4-5-6-15-9-16-7-8-20(14(2)3)22(21(16)10-15)17-11-18(23(25,26)27)13-19(12-17)24(28,29)30/h7-14H,4-6H2,1-3H3. The van der Waals surface area contributed by atoms with E-state index in [0.29, 0.717) is 11.1 Å². The van der Waals surface area contributed by atoms with Crippen molar-refractivity contribution >= 4 is 6.08 Å². The minimum Gasteiger partial charge on any atom is -0.166 e. The number of alkyl halides is 6. The minimum atomic E-state index is -4.87. The predicted molar refractivity (Wildman–Crippen MR) is 107 cm³/mol. The lowest BCUT2D eigenvalue weighted by molar-refractivity contribution is -0.143. The summed E-state index contributed by atoms with van der Waals surface area (Å²) in [5, 5.41) is 0. The monoisotopic (exact) mass is 425 g/mol. The highest BCUT2D eigenvalue weighted by molar-refractivity contribution is 5.86. The summed E-state index contributed by atoms with van der Waals surface area (Å²) in [6.45, 7) is 5.82. The Morgan fingerprint density at radius 3 is 1.97 bits per heavy atom. The molecule has 0 fully saturated rings. The van der Waals surface area contributed by atoms with Crippen molar-refractivity contribution in [3.05, 3.63) is 70.1 Å². The second-order valence-corrected chi connectivity index (χ2v) is 7.95. The highest BCUT2D eigenvalue weighted by Crippen LogP contribution is 2.44. The molecule has 2 aromatic carbocycles. The smallest absolute Gasteiger partial charge is 0.166 e. The summed E-state index contributed by atoms with van der Waals surface area (Å²) in [4.78, 5) is 0. The van der Waals surface area contributed by atoms with E-state index >= 15 is 0 Å². The van der Waals surface area contributed by atoms with Crippen LogP contribution in [0.4, 0.5) is 26.3 Å². The molecule has 0 saturated carbocycles. The van der Waals surface area contributed by atoms with Crippen molar-refractivity contribution in [3.63, 3.8) is 0 Å². The van der Waals surface area contributed by atoms with Crippen molar-refractivity contribution in [3.8, 4) is 11.1 Å². The molecule has 0 N–H and O–H groups in total. The van der Waals surface area contributed by atoms with Crippen LogP contribution in [0.1, 0.15) is 73.8 Å². The van der Waals surface area contributed by atoms with Crippen molar-refractivity contribution in [2.75, 3.05) is 0 Å². The Morgan fingerprint density at radius 1 is 0.867 bits per heavy atom. The minimum absolute atomic E-state index is 0.0564. The number of hydrogen-bond acceptors (Lipinski definition) is 0. The number of halogens is 6. The van der Waals surface area contributed by atoms with Gasteiger partial charge in [0.05, 0.1) is 11.1 Å². The van der Waals surface area contributed by atoms with Crippen LogP contribution in [0.5, 0.6) is 0 Å². The van der Waals surface area contributed by atoms with E-state index in [0.717, 1.165) is 48.1 Å². The molecule has 0 aromatic heterocycles. The molecule has 0 bridgehead atoms. The Morgan fingerprint density at radius 2 is 1.47 bits per heavy atom. The lowest BCUT2D eigenvalue weighted by atomic mass is 9.86. The molecule has 1 aliphatic rings. The first-order valence-corrected chi connectivity index (χ1v) is 9.94. The van der Waals surface area contributed by atoms with Gasteiger partial charge in [-0.2, -0.15) is 26.3 Å². The highest BCUT2D eigenvalue weighted by Gasteiger charge is 2.37. The molecular formula is C24H23F6. The maximum absolute atomic E-state index is 13.4. The largest absolute Gasteiger partial charge is 0.416 e. The zero-order chi connectivity index (χ0) is 22.3. The number of allylic oxidation sites excluding steroid dienone is 1. The van der Waals surface area contributed by atoms with Gasteiger partial charge in [-0.3, -0.25) is 0 Å². The Labute approximate surface area is 172 Å². The zero-order valence-corrected chi connectivity index (χ0v) is 17.0. The average Bonchev–Trinajstić information content (AvgIpc) is 3.06. The quantitative estimate of drug-likeness (QED) is 0.421. The number of hydrogen-bond donors (Lipinski definition) is 0. The fraction of sp³-hybridized carbons (Fsp3) is 0.375. The predicted octanol–water partition coefficient (Wildman–Crippen LogP) is 8.65. The summed E-state index contributed by atoms with van der Waals surface area (Å²) in [7, 11) is 0. The number of fused-ring (bicyclic) bond motifs is 1. The molecule has 6 heteroatoms. The van der Waals surface area contributed by atoms with Crippen LogP contribution in [0.15, 0.2) is 35.9 Å². The van der Waals surface area contributed by atoms with Gasteiger partial charge in [0.25, 0.3) is 0 Å². The van der Waals surface area contributed by atoms with Gasteiger partial charge < -0.3 is 0 Å². The van der Waals surface area contributed by atoms with E-state index in [9.17, 15) is 26.3 Å². The normalized spacial score (nSPS) is 14.3. The second-order valence-electron chi connectivity index (χ2n) is 7.95. The number of rotatable bonds is 5. The van der Waals surface area contributed by atoms with Gasteiger partial charge in [-0.25, -0.2) is 0 Å². The van der Waals surface area contributed by atoms with Crippen LogP contribution >= 0.6 is 0 Å². The summed E-state index contributed by atoms with van der Waals surface area (Å²) < 4.78 is 80.4. The summed E-state index contributed by atoms with van der Waals surface area (Å²) in [6.07, 6.45) is -3.10. The molecule has 0 heterocycles. The van der Waals surface area contributed by atoms with Crippen LogP contribution in [0.2, 0.25) is 0 Å². The van der Waals surface area contributed by atoms with Crippen LogP contribution in [0, 0.1) is 6.42 Å². The lowest BCUT2D eigenvalue weighted by Crippen LogP contribution is -2.11. The molecule has 161 valence electrons. The van der Waals surface area contributed by atoms with Crippen molar-refractivity contribution in [1.82, 2.24) is 0 Å². The van der Waals surface area contributed by atoms with Crippen molar-refractivity contribution in [2.24, 2.45) is 0 Å². The summed E-state index contributed by atoms with van der Waals surface area (Å²) in [6, 6.07) is 5.53. The van der Waals surface area contributed by atoms with Gasteiger partial charge in [0.2, 0.25) is 0 Å². The van der Waals surface area contributed by atoms with Gasteiger partial charge in [0.15, 0.2) is 0 Å². The molecule has 30 heavy (non-hydrogen) atoms. The Bertz CT molecular complexity index is 929. The fourth-order valence-electron chi connectivity index (χ4n) is 3.79. The molecule has 1 radical (unpaired) electrons. The van der Waals surface area contributed by atoms with Crippen molar-refractivity contribution in [2.45, 2.75) is 58.3 Å². The zero-order valence-electron chi connectivity index (χ0n) is 17.0. The fourth-order valence-corrected chi connectivity index (χ4v) is 3.79. The van der Waals surface area contributed by atoms with E-state index in [1.807, 2.05) is 32.4 Å². The number of benzene rings is 2. The third-order valence-electron chi connectivity index (χ3n) is 5.30. The topological polar surface area (TPSA) is 0 Å². The third kappa shape index (κ3) is 4.57. The third-order valence-corrected chi connectivity index (χ3v) is 5.30. The Kier molecular flexibility index (Phi) is 6.08. The van der Waals surface area contributed by atoms with E-state index in [-0.39, 0.29) is 17.5 Å². The molecular weight excluding hydrogens is 402 g/mol. The SMILES string of the molecule is CCCCC1=Cc2c(ccc(C(C)C)c2-c2cc(C(F)(F)F)cc(C(F)(F)F)c2)[CH]1. The first-order valence-electron chi connectivity index (χ1n) is 9.94. The van der Waals surface area contributed by atoms with Crippen LogP contribution in [0.25, 0.3) is 17.2 Å². The van der Waals surface area contributed by atoms with Crippen LogP contribution < -0.4 is 0 Å². The van der Waals surface area contributed by atoms with E-state index < -0.39 is 23.5 Å². The maximum atomic E-state index is 13.4. The van der Waals surface area contributed by atoms with Crippen LogP contribution in [-0.4, -0.2) is 0 Å². The summed E-state index contributed by atoms with van der Waals surface area (Å²) in [5.41, 5.74) is 1.08. The van der Waals surface area contributed by atoms with Gasteiger partial charge in [-0.15, -0.1) is 0 Å². The molecule has 2 aromatic rings. The van der Waals surface area contributed by atoms with Gasteiger partial charge in [-0.1, -0.05) is 51.0 Å². The molecule has 1 aliphatic carbocycles. The van der Waals surface area contributed by atoms with Crippen molar-refractivity contribution < 1.29 is 26.3 Å². The van der Waals surface area contributed by atoms with Crippen LogP contribution in [0.3, 0.4) is 0 Å². The van der Waals surface area contributed by atoms with Gasteiger partial charge >= 0.3 is 12.4 Å². The maximum Gasteiger partial charge on any atom is 0.416 e. The first kappa shape index (κ1) is 22.4. The molecule has 0 amide bonds.